The lowest BCUT2D eigenvalue weighted by molar-refractivity contribution is 0.255. The van der Waals surface area contributed by atoms with Gasteiger partial charge < -0.3 is 20.3 Å². The van der Waals surface area contributed by atoms with E-state index in [9.17, 15) is 0 Å². The number of halogens is 1. The number of rotatable bonds is 10. The molecule has 1 aromatic carbocycles. The number of ether oxygens (including phenoxy) is 1. The van der Waals surface area contributed by atoms with E-state index in [2.05, 4.69) is 54.4 Å². The number of likely N-dealkylation sites (N-methyl/N-ethyl adjacent to an activating group) is 1. The van der Waals surface area contributed by atoms with Crippen LogP contribution in [0, 0.1) is 0 Å². The number of aliphatic imine (C=N–C) groups is 1. The lowest BCUT2D eigenvalue weighted by Crippen LogP contribution is -2.42. The molecule has 0 aromatic heterocycles. The normalized spacial score (nSPS) is 12.5. The van der Waals surface area contributed by atoms with Crippen LogP contribution >= 0.6 is 24.0 Å². The van der Waals surface area contributed by atoms with Crippen molar-refractivity contribution >= 4 is 29.9 Å². The number of para-hydroxylation sites is 1. The Kier molecular flexibility index (Phi) is 13.6. The van der Waals surface area contributed by atoms with Crippen molar-refractivity contribution in [2.24, 2.45) is 4.99 Å². The second-order valence-corrected chi connectivity index (χ2v) is 5.90. The average Bonchev–Trinajstić information content (AvgIpc) is 2.60. The van der Waals surface area contributed by atoms with E-state index in [1.54, 1.807) is 0 Å². The van der Waals surface area contributed by atoms with Gasteiger partial charge in [0.05, 0.1) is 13.2 Å². The van der Waals surface area contributed by atoms with Crippen molar-refractivity contribution in [3.8, 4) is 5.75 Å². The Morgan fingerprint density at radius 3 is 2.56 bits per heavy atom. The van der Waals surface area contributed by atoms with Crippen molar-refractivity contribution in [3.63, 3.8) is 0 Å². The van der Waals surface area contributed by atoms with E-state index in [0.29, 0.717) is 19.2 Å². The van der Waals surface area contributed by atoms with Crippen molar-refractivity contribution in [1.29, 1.82) is 0 Å². The van der Waals surface area contributed by atoms with Crippen LogP contribution in [-0.4, -0.2) is 50.2 Å². The van der Waals surface area contributed by atoms with Crippen molar-refractivity contribution < 1.29 is 4.74 Å². The van der Waals surface area contributed by atoms with Gasteiger partial charge in [0.25, 0.3) is 0 Å². The first-order chi connectivity index (χ1) is 11.6. The zero-order valence-electron chi connectivity index (χ0n) is 16.3. The molecule has 25 heavy (non-hydrogen) atoms. The number of hydrogen-bond acceptors (Lipinski definition) is 3. The second-order valence-electron chi connectivity index (χ2n) is 5.90. The van der Waals surface area contributed by atoms with E-state index in [-0.39, 0.29) is 24.0 Å². The molecule has 6 heteroatoms. The van der Waals surface area contributed by atoms with E-state index in [1.807, 2.05) is 25.1 Å². The molecule has 0 heterocycles. The number of nitrogens with one attached hydrogen (secondary N) is 2. The van der Waals surface area contributed by atoms with Gasteiger partial charge in [0.1, 0.15) is 5.75 Å². The Morgan fingerprint density at radius 2 is 1.92 bits per heavy atom. The summed E-state index contributed by atoms with van der Waals surface area (Å²) >= 11 is 0. The fraction of sp³-hybridized carbons (Fsp3) is 0.632. The predicted octanol–water partition coefficient (Wildman–Crippen LogP) is 3.49. The molecule has 1 aromatic rings. The SMILES string of the molecule is CCNC(=NCc1ccccc1OCC)NCCN(C)C(C)CC.I. The van der Waals surface area contributed by atoms with Gasteiger partial charge in [-0.05, 0) is 40.3 Å². The van der Waals surface area contributed by atoms with Gasteiger partial charge in [-0.15, -0.1) is 24.0 Å². The summed E-state index contributed by atoms with van der Waals surface area (Å²) < 4.78 is 5.66. The smallest absolute Gasteiger partial charge is 0.191 e. The standard InChI is InChI=1S/C19H34N4O.HI/c1-6-16(4)23(5)14-13-21-19(20-7-2)22-15-17-11-9-10-12-18(17)24-8-3;/h9-12,16H,6-8,13-15H2,1-5H3,(H2,20,21,22);1H. The van der Waals surface area contributed by atoms with Crippen molar-refractivity contribution in [2.45, 2.75) is 46.7 Å². The van der Waals surface area contributed by atoms with Gasteiger partial charge >= 0.3 is 0 Å². The highest BCUT2D eigenvalue weighted by atomic mass is 127. The molecule has 1 unspecified atom stereocenters. The number of guanidine groups is 1. The zero-order valence-corrected chi connectivity index (χ0v) is 18.7. The van der Waals surface area contributed by atoms with E-state index >= 15 is 0 Å². The highest BCUT2D eigenvalue weighted by Gasteiger charge is 2.07. The molecule has 0 radical (unpaired) electrons. The molecule has 0 aliphatic heterocycles. The summed E-state index contributed by atoms with van der Waals surface area (Å²) in [7, 11) is 2.16. The maximum atomic E-state index is 5.66. The van der Waals surface area contributed by atoms with Crippen LogP contribution in [0.1, 0.15) is 39.7 Å². The summed E-state index contributed by atoms with van der Waals surface area (Å²) in [5, 5.41) is 6.71. The fourth-order valence-electron chi connectivity index (χ4n) is 2.32. The second kappa shape index (κ2) is 14.2. The van der Waals surface area contributed by atoms with Crippen LogP contribution in [0.4, 0.5) is 0 Å². The summed E-state index contributed by atoms with van der Waals surface area (Å²) in [6, 6.07) is 8.68. The van der Waals surface area contributed by atoms with Crippen LogP contribution in [-0.2, 0) is 6.54 Å². The molecular formula is C19H35IN4O. The Labute approximate surface area is 170 Å². The first-order valence-electron chi connectivity index (χ1n) is 9.05. The molecule has 0 spiro atoms. The van der Waals surface area contributed by atoms with Crippen molar-refractivity contribution in [1.82, 2.24) is 15.5 Å². The summed E-state index contributed by atoms with van der Waals surface area (Å²) in [6.07, 6.45) is 1.17. The third-order valence-corrected chi connectivity index (χ3v) is 4.12. The molecule has 0 aliphatic rings. The molecule has 0 bridgehead atoms. The molecule has 1 rings (SSSR count). The van der Waals surface area contributed by atoms with E-state index in [0.717, 1.165) is 36.9 Å². The topological polar surface area (TPSA) is 48.9 Å². The Morgan fingerprint density at radius 1 is 1.20 bits per heavy atom. The molecule has 0 amide bonds. The van der Waals surface area contributed by atoms with E-state index in [4.69, 9.17) is 4.74 Å². The molecule has 1 atom stereocenters. The highest BCUT2D eigenvalue weighted by Crippen LogP contribution is 2.18. The fourth-order valence-corrected chi connectivity index (χ4v) is 2.32. The first-order valence-corrected chi connectivity index (χ1v) is 9.05. The summed E-state index contributed by atoms with van der Waals surface area (Å²) in [4.78, 5) is 7.05. The van der Waals surface area contributed by atoms with Gasteiger partial charge in [0.2, 0.25) is 0 Å². The Balaban J connectivity index is 0.00000576. The maximum Gasteiger partial charge on any atom is 0.191 e. The molecule has 144 valence electrons. The van der Waals surface area contributed by atoms with Crippen LogP contribution in [0.2, 0.25) is 0 Å². The van der Waals surface area contributed by atoms with Crippen LogP contribution < -0.4 is 15.4 Å². The van der Waals surface area contributed by atoms with Gasteiger partial charge in [-0.2, -0.15) is 0 Å². The van der Waals surface area contributed by atoms with Crippen LogP contribution in [0.25, 0.3) is 0 Å². The number of hydrogen-bond donors (Lipinski definition) is 2. The van der Waals surface area contributed by atoms with Gasteiger partial charge in [-0.25, -0.2) is 4.99 Å². The van der Waals surface area contributed by atoms with Gasteiger partial charge in [-0.1, -0.05) is 25.1 Å². The van der Waals surface area contributed by atoms with Crippen LogP contribution in [0.3, 0.4) is 0 Å². The Bertz CT molecular complexity index is 496. The lowest BCUT2D eigenvalue weighted by Gasteiger charge is -2.24. The maximum absolute atomic E-state index is 5.66. The summed E-state index contributed by atoms with van der Waals surface area (Å²) in [6.45, 7) is 12.5. The molecule has 0 saturated heterocycles. The minimum Gasteiger partial charge on any atom is -0.494 e. The minimum atomic E-state index is 0. The first kappa shape index (κ1) is 24.0. The molecule has 5 nitrogen and oxygen atoms in total. The molecule has 0 saturated carbocycles. The third kappa shape index (κ3) is 9.30. The van der Waals surface area contributed by atoms with Gasteiger partial charge in [0.15, 0.2) is 5.96 Å². The number of benzene rings is 1. The summed E-state index contributed by atoms with van der Waals surface area (Å²) in [5.41, 5.74) is 1.10. The monoisotopic (exact) mass is 462 g/mol. The van der Waals surface area contributed by atoms with E-state index in [1.165, 1.54) is 6.42 Å². The molecule has 0 fully saturated rings. The lowest BCUT2D eigenvalue weighted by atomic mass is 10.2. The van der Waals surface area contributed by atoms with Crippen LogP contribution in [0.15, 0.2) is 29.3 Å². The van der Waals surface area contributed by atoms with Gasteiger partial charge in [0, 0.05) is 31.2 Å². The molecule has 2 N–H and O–H groups in total. The largest absolute Gasteiger partial charge is 0.494 e. The van der Waals surface area contributed by atoms with Crippen LogP contribution in [0.5, 0.6) is 5.75 Å². The quantitative estimate of drug-likeness (QED) is 0.318. The highest BCUT2D eigenvalue weighted by molar-refractivity contribution is 14.0. The van der Waals surface area contributed by atoms with Crippen molar-refractivity contribution in [3.05, 3.63) is 29.8 Å². The molecular weight excluding hydrogens is 427 g/mol. The number of nitrogens with zero attached hydrogens (tertiary/aromatic N) is 2. The Hall–Kier alpha value is -1.02. The van der Waals surface area contributed by atoms with E-state index < -0.39 is 0 Å². The predicted molar refractivity (Wildman–Crippen MR) is 118 cm³/mol. The molecule has 0 aliphatic carbocycles. The third-order valence-electron chi connectivity index (χ3n) is 4.12. The minimum absolute atomic E-state index is 0. The van der Waals surface area contributed by atoms with Gasteiger partial charge in [-0.3, -0.25) is 0 Å². The van der Waals surface area contributed by atoms with Crippen molar-refractivity contribution in [2.75, 3.05) is 33.3 Å². The average molecular weight is 462 g/mol. The summed E-state index contributed by atoms with van der Waals surface area (Å²) in [5.74, 6) is 1.76. The zero-order chi connectivity index (χ0) is 17.8.